The van der Waals surface area contributed by atoms with Gasteiger partial charge in [-0.25, -0.2) is 0 Å². The number of aryl methyl sites for hydroxylation is 1. The molecule has 0 nitrogen and oxygen atoms in total. The van der Waals surface area contributed by atoms with Gasteiger partial charge in [-0.3, -0.25) is 0 Å². The summed E-state index contributed by atoms with van der Waals surface area (Å²) in [6.45, 7) is 9.22. The number of rotatable bonds is 3. The molecule has 0 unspecified atom stereocenters. The second-order valence-corrected chi connectivity index (χ2v) is 12.8. The van der Waals surface area contributed by atoms with Crippen LogP contribution in [-0.4, -0.2) is 0 Å². The summed E-state index contributed by atoms with van der Waals surface area (Å²) < 4.78 is 0. The number of allylic oxidation sites excluding steroid dienone is 1. The van der Waals surface area contributed by atoms with Gasteiger partial charge in [0.15, 0.2) is 0 Å². The third kappa shape index (κ3) is 3.92. The second-order valence-electron chi connectivity index (χ2n) is 12.8. The molecule has 0 radical (unpaired) electrons. The molecule has 6 aromatic rings. The zero-order valence-electron chi connectivity index (χ0n) is 25.3. The first kappa shape index (κ1) is 25.8. The van der Waals surface area contributed by atoms with Crippen molar-refractivity contribution in [2.75, 3.05) is 0 Å². The first-order chi connectivity index (χ1) is 20.9. The summed E-state index contributed by atoms with van der Waals surface area (Å²) in [6.07, 6.45) is 6.79. The first-order valence-corrected chi connectivity index (χ1v) is 15.4. The van der Waals surface area contributed by atoms with Crippen molar-refractivity contribution in [2.45, 2.75) is 46.0 Å². The normalized spacial score (nSPS) is 14.2. The van der Waals surface area contributed by atoms with Gasteiger partial charge in [-0.15, -0.1) is 0 Å². The van der Waals surface area contributed by atoms with E-state index >= 15 is 0 Å². The van der Waals surface area contributed by atoms with Gasteiger partial charge in [0, 0.05) is 11.0 Å². The standard InChI is InChI=1S/C43H34/c1-27-28(2)42(34-23-24-36-35-13-9-10-16-39(35)43(3,4)40(36)26-34)38-15-8-7-14-37(38)41(27)31-20-17-30(18-21-31)33-22-19-29-11-5-6-12-32(29)25-33/h5,7-9,11,13-15,17-26H,6,12H2,1-4H3. The Hall–Kier alpha value is -4.86. The van der Waals surface area contributed by atoms with Crippen LogP contribution in [0.2, 0.25) is 0 Å². The molecule has 0 amide bonds. The van der Waals surface area contributed by atoms with Crippen LogP contribution >= 0.6 is 0 Å². The molecule has 43 heavy (non-hydrogen) atoms. The molecular formula is C43H34. The van der Waals surface area contributed by atoms with Gasteiger partial charge >= 0.3 is 0 Å². The number of hydrogen-bond acceptors (Lipinski definition) is 0. The number of fused-ring (bicyclic) bond motifs is 5. The highest BCUT2D eigenvalue weighted by Gasteiger charge is 2.36. The van der Waals surface area contributed by atoms with Gasteiger partial charge in [0.1, 0.15) is 0 Å². The lowest BCUT2D eigenvalue weighted by molar-refractivity contribution is 0.661. The molecule has 0 aliphatic heterocycles. The second kappa shape index (κ2) is 9.58. The van der Waals surface area contributed by atoms with E-state index in [0.717, 1.165) is 12.8 Å². The Morgan fingerprint density at radius 2 is 1.33 bits per heavy atom. The zero-order chi connectivity index (χ0) is 29.3. The van der Waals surface area contributed by atoms with E-state index in [0.29, 0.717) is 0 Å². The minimum atomic E-state index is -0.104. The first-order valence-electron chi connectivity index (χ1n) is 15.4. The van der Waals surface area contributed by atoms with Crippen molar-refractivity contribution in [2.24, 2.45) is 0 Å². The van der Waals surface area contributed by atoms with Crippen LogP contribution in [0.15, 0.2) is 103 Å². The van der Waals surface area contributed by atoms with Gasteiger partial charge in [0.05, 0.1) is 0 Å². The summed E-state index contributed by atoms with van der Waals surface area (Å²) in [5, 5.41) is 2.61. The topological polar surface area (TPSA) is 0 Å². The van der Waals surface area contributed by atoms with Crippen LogP contribution in [0, 0.1) is 26.0 Å². The van der Waals surface area contributed by atoms with Crippen molar-refractivity contribution in [3.05, 3.63) is 149 Å². The molecule has 2 aliphatic rings. The molecule has 0 N–H and O–H groups in total. The SMILES string of the molecule is Cc1c(C)c(-c2ccc3c(c2)C(C)(C)c2c#cccc2-3)c2ccccc2c1-c1ccc(-c2ccc3c(c2)CCC=C3)cc1. The molecule has 0 heteroatoms. The average molecular weight is 551 g/mol. The molecule has 0 aromatic heterocycles. The van der Waals surface area contributed by atoms with E-state index in [9.17, 15) is 0 Å². The van der Waals surface area contributed by atoms with Crippen LogP contribution in [0.3, 0.4) is 0 Å². The fourth-order valence-electron chi connectivity index (χ4n) is 7.58. The van der Waals surface area contributed by atoms with Gasteiger partial charge in [-0.1, -0.05) is 117 Å². The quantitative estimate of drug-likeness (QED) is 0.206. The van der Waals surface area contributed by atoms with Crippen LogP contribution in [0.25, 0.3) is 61.4 Å². The Morgan fingerprint density at radius 3 is 2.09 bits per heavy atom. The lowest BCUT2D eigenvalue weighted by atomic mass is 9.80. The molecule has 8 rings (SSSR count). The third-order valence-electron chi connectivity index (χ3n) is 10.0. The van der Waals surface area contributed by atoms with Crippen molar-refractivity contribution < 1.29 is 0 Å². The summed E-state index contributed by atoms with van der Waals surface area (Å²) in [5.74, 6) is 0. The molecule has 0 heterocycles. The highest BCUT2D eigenvalue weighted by atomic mass is 14.4. The smallest absolute Gasteiger partial charge is 0.0238 e. The van der Waals surface area contributed by atoms with Gasteiger partial charge in [-0.2, -0.15) is 0 Å². The van der Waals surface area contributed by atoms with Crippen molar-refractivity contribution in [1.82, 2.24) is 0 Å². The predicted octanol–water partition coefficient (Wildman–Crippen LogP) is 11.3. The van der Waals surface area contributed by atoms with Gasteiger partial charge in [0.2, 0.25) is 0 Å². The lowest BCUT2D eigenvalue weighted by Gasteiger charge is -2.23. The molecule has 0 fully saturated rings. The molecule has 206 valence electrons. The molecule has 0 spiro atoms. The van der Waals surface area contributed by atoms with Crippen molar-refractivity contribution in [3.8, 4) is 44.5 Å². The summed E-state index contributed by atoms with van der Waals surface area (Å²) in [6, 6.07) is 42.9. The van der Waals surface area contributed by atoms with Crippen LogP contribution in [-0.2, 0) is 11.8 Å². The van der Waals surface area contributed by atoms with Gasteiger partial charge in [-0.05, 0) is 128 Å². The van der Waals surface area contributed by atoms with E-state index in [1.165, 1.54) is 88.7 Å². The van der Waals surface area contributed by atoms with E-state index < -0.39 is 0 Å². The summed E-state index contributed by atoms with van der Waals surface area (Å²) in [5.41, 5.74) is 18.4. The minimum Gasteiger partial charge on any atom is -0.0836 e. The maximum Gasteiger partial charge on any atom is 0.0238 e. The van der Waals surface area contributed by atoms with Crippen LogP contribution < -0.4 is 0 Å². The highest BCUT2D eigenvalue weighted by Crippen LogP contribution is 2.50. The van der Waals surface area contributed by atoms with Crippen LogP contribution in [0.1, 0.15) is 53.6 Å². The third-order valence-corrected chi connectivity index (χ3v) is 10.0. The van der Waals surface area contributed by atoms with E-state index in [4.69, 9.17) is 0 Å². The molecule has 0 atom stereocenters. The Labute approximate surface area is 255 Å². The van der Waals surface area contributed by atoms with E-state index in [-0.39, 0.29) is 5.41 Å². The van der Waals surface area contributed by atoms with Crippen molar-refractivity contribution in [3.63, 3.8) is 0 Å². The Morgan fingerprint density at radius 1 is 0.651 bits per heavy atom. The van der Waals surface area contributed by atoms with Crippen molar-refractivity contribution in [1.29, 1.82) is 0 Å². The summed E-state index contributed by atoms with van der Waals surface area (Å²) in [7, 11) is 0. The van der Waals surface area contributed by atoms with E-state index in [1.54, 1.807) is 0 Å². The summed E-state index contributed by atoms with van der Waals surface area (Å²) >= 11 is 0. The summed E-state index contributed by atoms with van der Waals surface area (Å²) in [4.78, 5) is 0. The minimum absolute atomic E-state index is 0.104. The molecule has 6 aromatic carbocycles. The Balaban J connectivity index is 1.24. The average Bonchev–Trinajstić information content (AvgIpc) is 3.27. The molecule has 0 saturated heterocycles. The Bertz CT molecular complexity index is 2100. The van der Waals surface area contributed by atoms with Crippen LogP contribution in [0.5, 0.6) is 0 Å². The largest absolute Gasteiger partial charge is 0.0836 e. The Kier molecular flexibility index (Phi) is 5.76. The lowest BCUT2D eigenvalue weighted by Crippen LogP contribution is -2.14. The van der Waals surface area contributed by atoms with E-state index in [2.05, 4.69) is 143 Å². The number of hydrogen-bond donors (Lipinski definition) is 0. The highest BCUT2D eigenvalue weighted by molar-refractivity contribution is 6.08. The molecular weight excluding hydrogens is 516 g/mol. The van der Waals surface area contributed by atoms with Gasteiger partial charge in [0.25, 0.3) is 0 Å². The predicted molar refractivity (Wildman–Crippen MR) is 182 cm³/mol. The van der Waals surface area contributed by atoms with Gasteiger partial charge < -0.3 is 0 Å². The maximum absolute atomic E-state index is 3.42. The van der Waals surface area contributed by atoms with E-state index in [1.807, 2.05) is 6.07 Å². The van der Waals surface area contributed by atoms with Crippen molar-refractivity contribution >= 4 is 16.8 Å². The monoisotopic (exact) mass is 550 g/mol. The molecule has 2 aliphatic carbocycles. The fourth-order valence-corrected chi connectivity index (χ4v) is 7.58. The molecule has 0 saturated carbocycles. The fraction of sp³-hybridized carbons (Fsp3) is 0.163. The number of benzene rings is 5. The zero-order valence-corrected chi connectivity index (χ0v) is 25.3. The molecule has 0 bridgehead atoms. The van der Waals surface area contributed by atoms with Crippen LogP contribution in [0.4, 0.5) is 0 Å². The maximum atomic E-state index is 3.42.